The van der Waals surface area contributed by atoms with Crippen LogP contribution in [0.15, 0.2) is 30.3 Å². The van der Waals surface area contributed by atoms with Gasteiger partial charge in [-0.25, -0.2) is 0 Å². The lowest BCUT2D eigenvalue weighted by molar-refractivity contribution is 0.475. The normalized spacial score (nSPS) is 8.77. The van der Waals surface area contributed by atoms with Crippen molar-refractivity contribution in [3.8, 4) is 5.75 Å². The van der Waals surface area contributed by atoms with Crippen LogP contribution in [0.2, 0.25) is 0 Å². The lowest BCUT2D eigenvalue weighted by Crippen LogP contribution is -2.06. The van der Waals surface area contributed by atoms with Crippen molar-refractivity contribution in [2.75, 3.05) is 13.6 Å². The third-order valence-electron chi connectivity index (χ3n) is 1.54. The molecular weight excluding hydrogens is 162 g/mol. The summed E-state index contributed by atoms with van der Waals surface area (Å²) in [4.78, 5) is 0. The maximum Gasteiger partial charge on any atom is 0.115 e. The largest absolute Gasteiger partial charge is 0.508 e. The van der Waals surface area contributed by atoms with Crippen molar-refractivity contribution >= 4 is 0 Å². The van der Waals surface area contributed by atoms with Crippen molar-refractivity contribution in [3.05, 3.63) is 30.3 Å². The van der Waals surface area contributed by atoms with Crippen LogP contribution < -0.4 is 5.32 Å². The van der Waals surface area contributed by atoms with E-state index >= 15 is 0 Å². The zero-order valence-electron chi connectivity index (χ0n) is 8.46. The summed E-state index contributed by atoms with van der Waals surface area (Å²) in [5.41, 5.74) is 0. The first-order valence-corrected chi connectivity index (χ1v) is 4.69. The Labute approximate surface area is 80.6 Å². The summed E-state index contributed by atoms with van der Waals surface area (Å²) < 4.78 is 0. The summed E-state index contributed by atoms with van der Waals surface area (Å²) in [5.74, 6) is 0.322. The van der Waals surface area contributed by atoms with Crippen molar-refractivity contribution in [2.45, 2.75) is 19.8 Å². The van der Waals surface area contributed by atoms with Crippen molar-refractivity contribution in [1.29, 1.82) is 0 Å². The minimum Gasteiger partial charge on any atom is -0.508 e. The zero-order chi connectivity index (χ0) is 9.94. The summed E-state index contributed by atoms with van der Waals surface area (Å²) in [7, 11) is 1.98. The molecule has 74 valence electrons. The highest BCUT2D eigenvalue weighted by molar-refractivity contribution is 5.18. The Morgan fingerprint density at radius 2 is 1.85 bits per heavy atom. The van der Waals surface area contributed by atoms with Crippen molar-refractivity contribution in [1.82, 2.24) is 5.32 Å². The molecule has 13 heavy (non-hydrogen) atoms. The van der Waals surface area contributed by atoms with E-state index < -0.39 is 0 Å². The molecule has 0 atom stereocenters. The molecule has 0 heterocycles. The van der Waals surface area contributed by atoms with E-state index in [0.717, 1.165) is 6.54 Å². The van der Waals surface area contributed by atoms with Crippen LogP contribution in [0.5, 0.6) is 5.75 Å². The van der Waals surface area contributed by atoms with Gasteiger partial charge in [0.2, 0.25) is 0 Å². The van der Waals surface area contributed by atoms with E-state index in [-0.39, 0.29) is 0 Å². The van der Waals surface area contributed by atoms with Crippen LogP contribution in [0.1, 0.15) is 19.8 Å². The fraction of sp³-hybridized carbons (Fsp3) is 0.455. The molecule has 0 aliphatic rings. The third kappa shape index (κ3) is 8.89. The summed E-state index contributed by atoms with van der Waals surface area (Å²) in [6, 6.07) is 8.71. The van der Waals surface area contributed by atoms with Crippen LogP contribution in [-0.2, 0) is 0 Å². The second-order valence-corrected chi connectivity index (χ2v) is 2.79. The van der Waals surface area contributed by atoms with Gasteiger partial charge in [-0.1, -0.05) is 31.5 Å². The van der Waals surface area contributed by atoms with Crippen molar-refractivity contribution in [2.24, 2.45) is 0 Å². The molecule has 0 spiro atoms. The number of rotatable bonds is 3. The molecule has 0 saturated heterocycles. The van der Waals surface area contributed by atoms with E-state index in [1.54, 1.807) is 24.3 Å². The van der Waals surface area contributed by atoms with Gasteiger partial charge in [-0.2, -0.15) is 0 Å². The maximum absolute atomic E-state index is 8.63. The Balaban J connectivity index is 0.000000226. The first kappa shape index (κ1) is 12.0. The monoisotopic (exact) mass is 181 g/mol. The predicted octanol–water partition coefficient (Wildman–Crippen LogP) is 2.40. The molecule has 0 saturated carbocycles. The van der Waals surface area contributed by atoms with Crippen LogP contribution >= 0.6 is 0 Å². The Morgan fingerprint density at radius 1 is 1.23 bits per heavy atom. The van der Waals surface area contributed by atoms with E-state index in [1.807, 2.05) is 13.1 Å². The minimum absolute atomic E-state index is 0.322. The number of para-hydroxylation sites is 1. The highest BCUT2D eigenvalue weighted by Gasteiger charge is 1.75. The van der Waals surface area contributed by atoms with Gasteiger partial charge in [0.15, 0.2) is 0 Å². The van der Waals surface area contributed by atoms with E-state index in [1.165, 1.54) is 12.8 Å². The average Bonchev–Trinajstić information content (AvgIpc) is 2.17. The average molecular weight is 181 g/mol. The number of hydrogen-bond acceptors (Lipinski definition) is 2. The maximum atomic E-state index is 8.63. The predicted molar refractivity (Wildman–Crippen MR) is 56.9 cm³/mol. The first-order valence-electron chi connectivity index (χ1n) is 4.69. The van der Waals surface area contributed by atoms with Crippen LogP contribution in [-0.4, -0.2) is 18.7 Å². The summed E-state index contributed by atoms with van der Waals surface area (Å²) in [6.07, 6.45) is 2.59. The van der Waals surface area contributed by atoms with Crippen LogP contribution in [0.4, 0.5) is 0 Å². The fourth-order valence-electron chi connectivity index (χ4n) is 0.782. The molecule has 0 radical (unpaired) electrons. The quantitative estimate of drug-likeness (QED) is 0.702. The zero-order valence-corrected chi connectivity index (χ0v) is 8.46. The van der Waals surface area contributed by atoms with Gasteiger partial charge in [-0.3, -0.25) is 0 Å². The highest BCUT2D eigenvalue weighted by Crippen LogP contribution is 2.02. The van der Waals surface area contributed by atoms with Gasteiger partial charge in [0.25, 0.3) is 0 Å². The Morgan fingerprint density at radius 3 is 2.08 bits per heavy atom. The Hall–Kier alpha value is -1.02. The summed E-state index contributed by atoms with van der Waals surface area (Å²) in [5, 5.41) is 11.7. The number of aromatic hydroxyl groups is 1. The lowest BCUT2D eigenvalue weighted by atomic mass is 10.3. The standard InChI is InChI=1S/C6H6O.C5H13N/c7-6-4-2-1-3-5-6;1-3-4-5-6-2/h1-5,7H;6H,3-5H2,1-2H3. The second kappa shape index (κ2) is 9.07. The summed E-state index contributed by atoms with van der Waals surface area (Å²) >= 11 is 0. The van der Waals surface area contributed by atoms with Crippen LogP contribution in [0.3, 0.4) is 0 Å². The molecule has 2 heteroatoms. The van der Waals surface area contributed by atoms with Gasteiger partial charge in [0.05, 0.1) is 0 Å². The fourth-order valence-corrected chi connectivity index (χ4v) is 0.782. The summed E-state index contributed by atoms with van der Waals surface area (Å²) in [6.45, 7) is 3.36. The smallest absolute Gasteiger partial charge is 0.115 e. The Kier molecular flexibility index (Phi) is 8.36. The number of hydrogen-bond donors (Lipinski definition) is 2. The topological polar surface area (TPSA) is 32.3 Å². The van der Waals surface area contributed by atoms with E-state index in [2.05, 4.69) is 12.2 Å². The molecule has 0 bridgehead atoms. The molecule has 0 aliphatic carbocycles. The molecule has 1 aromatic rings. The second-order valence-electron chi connectivity index (χ2n) is 2.79. The lowest BCUT2D eigenvalue weighted by Gasteiger charge is -1.89. The SMILES string of the molecule is CCCCNC.Oc1ccccc1. The molecule has 0 unspecified atom stereocenters. The Bertz CT molecular complexity index is 183. The number of phenols is 1. The molecule has 0 amide bonds. The molecular formula is C11H19NO. The first-order chi connectivity index (χ1) is 6.31. The number of nitrogens with one attached hydrogen (secondary N) is 1. The highest BCUT2D eigenvalue weighted by atomic mass is 16.3. The molecule has 0 fully saturated rings. The minimum atomic E-state index is 0.322. The van der Waals surface area contributed by atoms with Crippen molar-refractivity contribution in [3.63, 3.8) is 0 Å². The number of unbranched alkanes of at least 4 members (excludes halogenated alkanes) is 1. The van der Waals surface area contributed by atoms with Crippen molar-refractivity contribution < 1.29 is 5.11 Å². The van der Waals surface area contributed by atoms with Crippen LogP contribution in [0.25, 0.3) is 0 Å². The van der Waals surface area contributed by atoms with E-state index in [4.69, 9.17) is 5.11 Å². The van der Waals surface area contributed by atoms with Gasteiger partial charge in [0, 0.05) is 0 Å². The molecule has 1 aromatic carbocycles. The van der Waals surface area contributed by atoms with Gasteiger partial charge in [-0.15, -0.1) is 0 Å². The molecule has 2 nitrogen and oxygen atoms in total. The van der Waals surface area contributed by atoms with E-state index in [9.17, 15) is 0 Å². The van der Waals surface area contributed by atoms with Gasteiger partial charge in [0.1, 0.15) is 5.75 Å². The molecule has 2 N–H and O–H groups in total. The van der Waals surface area contributed by atoms with Crippen LogP contribution in [0, 0.1) is 0 Å². The van der Waals surface area contributed by atoms with Gasteiger partial charge in [-0.05, 0) is 32.1 Å². The van der Waals surface area contributed by atoms with Gasteiger partial charge < -0.3 is 10.4 Å². The van der Waals surface area contributed by atoms with E-state index in [0.29, 0.717) is 5.75 Å². The third-order valence-corrected chi connectivity index (χ3v) is 1.54. The number of phenolic OH excluding ortho intramolecular Hbond substituents is 1. The molecule has 0 aliphatic heterocycles. The molecule has 1 rings (SSSR count). The van der Waals surface area contributed by atoms with Gasteiger partial charge >= 0.3 is 0 Å². The number of benzene rings is 1. The molecule has 0 aromatic heterocycles.